The van der Waals surface area contributed by atoms with Gasteiger partial charge >= 0.3 is 11.8 Å². The van der Waals surface area contributed by atoms with Gasteiger partial charge in [-0.15, -0.1) is 0 Å². The molecule has 3 rings (SSSR count). The number of benzene rings is 1. The van der Waals surface area contributed by atoms with Crippen molar-refractivity contribution in [2.45, 2.75) is 58.1 Å². The number of alkyl carbamates (subject to hydrolysis) is 1. The topological polar surface area (TPSA) is 102 Å². The molecule has 168 valence electrons. The van der Waals surface area contributed by atoms with Crippen LogP contribution in [-0.4, -0.2) is 51.8 Å². The van der Waals surface area contributed by atoms with Gasteiger partial charge in [0.25, 0.3) is 0 Å². The highest BCUT2D eigenvalue weighted by Gasteiger charge is 2.22. The van der Waals surface area contributed by atoms with Gasteiger partial charge in [-0.25, -0.2) is 9.59 Å². The molecule has 1 atom stereocenters. The van der Waals surface area contributed by atoms with Gasteiger partial charge < -0.3 is 20.7 Å². The predicted octanol–water partition coefficient (Wildman–Crippen LogP) is 2.74. The lowest BCUT2D eigenvalue weighted by Crippen LogP contribution is -2.39. The number of hydrogen-bond acceptors (Lipinski definition) is 6. The predicted molar refractivity (Wildman–Crippen MR) is 121 cm³/mol. The van der Waals surface area contributed by atoms with E-state index in [0.29, 0.717) is 0 Å². The summed E-state index contributed by atoms with van der Waals surface area (Å²) in [7, 11) is 0. The summed E-state index contributed by atoms with van der Waals surface area (Å²) in [6.07, 6.45) is 5.17. The van der Waals surface area contributed by atoms with Crippen molar-refractivity contribution in [2.75, 3.05) is 25.4 Å². The van der Waals surface area contributed by atoms with Crippen LogP contribution in [0.5, 0.6) is 0 Å². The first kappa shape index (κ1) is 22.8. The van der Waals surface area contributed by atoms with E-state index >= 15 is 0 Å². The average Bonchev–Trinajstić information content (AvgIpc) is 2.90. The summed E-state index contributed by atoms with van der Waals surface area (Å²) in [5.74, 6) is 0.221. The third-order valence-corrected chi connectivity index (χ3v) is 5.30. The van der Waals surface area contributed by atoms with E-state index in [1.165, 1.54) is 10.1 Å². The third-order valence-electron chi connectivity index (χ3n) is 5.30. The van der Waals surface area contributed by atoms with Crippen LogP contribution in [0.4, 0.5) is 10.6 Å². The number of amides is 1. The maximum absolute atomic E-state index is 12.0. The van der Waals surface area contributed by atoms with Crippen molar-refractivity contribution in [3.05, 3.63) is 52.6 Å². The molecule has 1 saturated heterocycles. The lowest BCUT2D eigenvalue weighted by molar-refractivity contribution is 0.0500. The quantitative estimate of drug-likeness (QED) is 0.761. The van der Waals surface area contributed by atoms with E-state index in [-0.39, 0.29) is 23.6 Å². The van der Waals surface area contributed by atoms with Crippen molar-refractivity contribution in [1.29, 1.82) is 0 Å². The summed E-state index contributed by atoms with van der Waals surface area (Å²) in [5.41, 5.74) is 6.68. The number of carbonyl (C=O) groups is 1. The fourth-order valence-electron chi connectivity index (χ4n) is 3.72. The molecule has 1 aliphatic heterocycles. The van der Waals surface area contributed by atoms with E-state index in [0.717, 1.165) is 51.0 Å². The zero-order valence-electron chi connectivity index (χ0n) is 18.6. The van der Waals surface area contributed by atoms with Gasteiger partial charge in [0.1, 0.15) is 11.4 Å². The Labute approximate surface area is 183 Å². The molecule has 1 aromatic carbocycles. The Kier molecular flexibility index (Phi) is 7.33. The van der Waals surface area contributed by atoms with Crippen molar-refractivity contribution in [3.63, 3.8) is 0 Å². The number of hydrogen-bond donors (Lipinski definition) is 2. The summed E-state index contributed by atoms with van der Waals surface area (Å²) < 4.78 is 6.85. The molecule has 3 N–H and O–H groups in total. The highest BCUT2D eigenvalue weighted by molar-refractivity contribution is 5.68. The molecule has 1 aromatic heterocycles. The van der Waals surface area contributed by atoms with Gasteiger partial charge in [-0.3, -0.25) is 4.57 Å². The highest BCUT2D eigenvalue weighted by atomic mass is 16.6. The van der Waals surface area contributed by atoms with Gasteiger partial charge in [0.05, 0.1) is 5.69 Å². The van der Waals surface area contributed by atoms with E-state index in [1.54, 1.807) is 12.3 Å². The van der Waals surface area contributed by atoms with Crippen molar-refractivity contribution >= 4 is 11.9 Å². The number of aromatic nitrogens is 2. The molecule has 31 heavy (non-hydrogen) atoms. The van der Waals surface area contributed by atoms with Crippen LogP contribution in [0, 0.1) is 0 Å². The second-order valence-corrected chi connectivity index (χ2v) is 9.04. The standard InChI is InChI=1S/C23H33N5O3/c1-23(2,3)31-22(30)25-18-5-4-13-27(15-11-18)14-10-17-6-8-19(9-7-17)28-16-12-20(24)26-21(28)29/h6-9,12,16,18H,4-5,10-11,13-15H2,1-3H3,(H,25,30)(H2,24,26,29). The van der Waals surface area contributed by atoms with Gasteiger partial charge in [-0.05, 0) is 76.8 Å². The van der Waals surface area contributed by atoms with Gasteiger partial charge in [0, 0.05) is 25.3 Å². The molecular weight excluding hydrogens is 394 g/mol. The van der Waals surface area contributed by atoms with Gasteiger partial charge in [-0.1, -0.05) is 12.1 Å². The molecular formula is C23H33N5O3. The zero-order valence-corrected chi connectivity index (χ0v) is 18.6. The smallest absolute Gasteiger partial charge is 0.407 e. The molecule has 0 spiro atoms. The lowest BCUT2D eigenvalue weighted by atomic mass is 10.1. The third kappa shape index (κ3) is 7.10. The van der Waals surface area contributed by atoms with E-state index in [4.69, 9.17) is 10.5 Å². The van der Waals surface area contributed by atoms with Crippen molar-refractivity contribution in [3.8, 4) is 5.69 Å². The van der Waals surface area contributed by atoms with Crippen molar-refractivity contribution in [2.24, 2.45) is 0 Å². The van der Waals surface area contributed by atoms with Crippen LogP contribution in [0.2, 0.25) is 0 Å². The highest BCUT2D eigenvalue weighted by Crippen LogP contribution is 2.15. The Bertz CT molecular complexity index is 933. The van der Waals surface area contributed by atoms with Gasteiger partial charge in [-0.2, -0.15) is 4.98 Å². The molecule has 2 heterocycles. The van der Waals surface area contributed by atoms with E-state index in [2.05, 4.69) is 15.2 Å². The molecule has 0 aliphatic carbocycles. The maximum Gasteiger partial charge on any atom is 0.407 e. The van der Waals surface area contributed by atoms with E-state index in [1.807, 2.05) is 45.0 Å². The van der Waals surface area contributed by atoms with E-state index < -0.39 is 5.60 Å². The number of carbonyl (C=O) groups excluding carboxylic acids is 1. The van der Waals surface area contributed by atoms with Crippen molar-refractivity contribution < 1.29 is 9.53 Å². The normalized spacial score (nSPS) is 17.7. The first-order valence-corrected chi connectivity index (χ1v) is 10.9. The fourth-order valence-corrected chi connectivity index (χ4v) is 3.72. The number of likely N-dealkylation sites (tertiary alicyclic amines) is 1. The van der Waals surface area contributed by atoms with Gasteiger partial charge in [0.2, 0.25) is 0 Å². The first-order valence-electron chi connectivity index (χ1n) is 10.9. The Morgan fingerprint density at radius 2 is 1.94 bits per heavy atom. The summed E-state index contributed by atoms with van der Waals surface area (Å²) in [6, 6.07) is 9.71. The van der Waals surface area contributed by atoms with Crippen LogP contribution in [0.1, 0.15) is 45.6 Å². The fraction of sp³-hybridized carbons (Fsp3) is 0.522. The molecule has 1 amide bonds. The molecule has 0 saturated carbocycles. The van der Waals surface area contributed by atoms with Crippen LogP contribution >= 0.6 is 0 Å². The molecule has 2 aromatic rings. The summed E-state index contributed by atoms with van der Waals surface area (Å²) in [6.45, 7) is 8.56. The number of anilines is 1. The maximum atomic E-state index is 12.0. The minimum absolute atomic E-state index is 0.158. The Balaban J connectivity index is 1.48. The monoisotopic (exact) mass is 427 g/mol. The van der Waals surface area contributed by atoms with Crippen LogP contribution < -0.4 is 16.7 Å². The summed E-state index contributed by atoms with van der Waals surface area (Å²) in [4.78, 5) is 30.2. The number of nitrogens with one attached hydrogen (secondary N) is 1. The minimum Gasteiger partial charge on any atom is -0.444 e. The van der Waals surface area contributed by atoms with Crippen LogP contribution in [0.15, 0.2) is 41.3 Å². The Morgan fingerprint density at radius 3 is 2.61 bits per heavy atom. The molecule has 1 unspecified atom stereocenters. The number of rotatable bonds is 5. The number of nitrogens with two attached hydrogens (primary N) is 1. The SMILES string of the molecule is CC(C)(C)OC(=O)NC1CCCN(CCc2ccc(-n3ccc(N)nc3=O)cc2)CC1. The van der Waals surface area contributed by atoms with Crippen LogP contribution in [-0.2, 0) is 11.2 Å². The Morgan fingerprint density at radius 1 is 1.19 bits per heavy atom. The van der Waals surface area contributed by atoms with Crippen LogP contribution in [0.25, 0.3) is 5.69 Å². The number of ether oxygens (including phenoxy) is 1. The number of nitrogens with zero attached hydrogens (tertiary/aromatic N) is 3. The molecule has 1 fully saturated rings. The largest absolute Gasteiger partial charge is 0.444 e. The molecule has 1 aliphatic rings. The molecule has 8 heteroatoms. The van der Waals surface area contributed by atoms with Gasteiger partial charge in [0.15, 0.2) is 0 Å². The second-order valence-electron chi connectivity index (χ2n) is 9.04. The van der Waals surface area contributed by atoms with Crippen LogP contribution in [0.3, 0.4) is 0 Å². The van der Waals surface area contributed by atoms with E-state index in [9.17, 15) is 9.59 Å². The molecule has 0 radical (unpaired) electrons. The molecule has 8 nitrogen and oxygen atoms in total. The average molecular weight is 428 g/mol. The number of nitrogen functional groups attached to an aromatic ring is 1. The van der Waals surface area contributed by atoms with Crippen molar-refractivity contribution in [1.82, 2.24) is 19.8 Å². The zero-order chi connectivity index (χ0) is 22.4. The summed E-state index contributed by atoms with van der Waals surface area (Å²) >= 11 is 0. The summed E-state index contributed by atoms with van der Waals surface area (Å²) in [5, 5.41) is 3.01. The first-order chi connectivity index (χ1) is 14.7. The minimum atomic E-state index is -0.478. The molecule has 0 bridgehead atoms. The Hall–Kier alpha value is -2.87. The second kappa shape index (κ2) is 9.96. The lowest BCUT2D eigenvalue weighted by Gasteiger charge is -2.23.